The molecule has 0 fully saturated rings. The second-order valence-corrected chi connectivity index (χ2v) is 20.0. The van der Waals surface area contributed by atoms with Crippen molar-refractivity contribution in [2.24, 2.45) is 34.0 Å². The molecule has 0 spiro atoms. The predicted octanol–water partition coefficient (Wildman–Crippen LogP) is -5.38. The number of carboxylic acid groups (broad SMARTS) is 1. The number of aromatic amines is 1. The van der Waals surface area contributed by atoms with Gasteiger partial charge in [0.2, 0.25) is 65.0 Å². The third-order valence-corrected chi connectivity index (χ3v) is 12.1. The van der Waals surface area contributed by atoms with Crippen LogP contribution in [0, 0.1) is 11.8 Å². The molecular weight excluding hydrogens is 1080 g/mol. The first-order chi connectivity index (χ1) is 39.4. The lowest BCUT2D eigenvalue weighted by atomic mass is 10.0. The van der Waals surface area contributed by atoms with Crippen LogP contribution in [-0.2, 0) is 70.4 Å². The molecule has 6 atom stereocenters. The molecule has 20 N–H and O–H groups in total. The summed E-state index contributed by atoms with van der Waals surface area (Å²) < 4.78 is 0. The van der Waals surface area contributed by atoms with Gasteiger partial charge in [-0.15, -0.1) is 0 Å². The van der Waals surface area contributed by atoms with Gasteiger partial charge in [0.15, 0.2) is 5.96 Å². The van der Waals surface area contributed by atoms with Crippen LogP contribution >= 0.6 is 0 Å². The Balaban J connectivity index is 1.66. The van der Waals surface area contributed by atoms with Gasteiger partial charge in [-0.2, -0.15) is 0 Å². The van der Waals surface area contributed by atoms with E-state index in [1.807, 2.05) is 0 Å². The Morgan fingerprint density at radius 2 is 0.964 bits per heavy atom. The first-order valence-electron chi connectivity index (χ1n) is 26.7. The molecule has 2 aromatic carbocycles. The molecule has 0 saturated heterocycles. The minimum Gasteiger partial charge on any atom is -0.480 e. The number of para-hydroxylation sites is 1. The highest BCUT2D eigenvalue weighted by Gasteiger charge is 2.31. The standard InChI is InChI=1S/C53H78N16O14/c1-29(2)17-36(48(78)61-24-43(73)64-35(15-10-16-57-53(55)56)47(77)60-27-46(76)68-39(52(82)83)18-30(3)4)65-44(74)26-63-50(80)40(28-70)69-51(81)38(20-32-22-58-34-14-9-8-13-33(32)34)67-45(75)25-62-49(79)37(19-31-11-6-5-7-12-31)66-42(72)23-59-41(71)21-54/h5-9,11-14,22,29-30,35-40,58,70H,10,15-21,23-28,54H2,1-4H3,(H,59,71)(H,60,77)(H,61,78)(H,62,79)(H,63,80)(H,64,73)(H,65,74)(H,66,72)(H,67,75)(H,68,76)(H,69,81)(H,82,83)(H4,55,56,57)/t35-,36-,37-,38-,39-,40-/m0/s1. The van der Waals surface area contributed by atoms with Gasteiger partial charge in [0.05, 0.1) is 45.9 Å². The molecule has 3 rings (SSSR count). The number of benzene rings is 2. The smallest absolute Gasteiger partial charge is 0.326 e. The van der Waals surface area contributed by atoms with Crippen LogP contribution in [0.3, 0.4) is 0 Å². The van der Waals surface area contributed by atoms with Crippen molar-refractivity contribution < 1.29 is 67.7 Å². The largest absolute Gasteiger partial charge is 0.480 e. The number of H-pyrrole nitrogens is 1. The fraction of sp³-hybridized carbons (Fsp3) is 0.491. The summed E-state index contributed by atoms with van der Waals surface area (Å²) in [5.41, 5.74) is 18.0. The number of hydrogen-bond donors (Lipinski definition) is 17. The van der Waals surface area contributed by atoms with E-state index < -0.39 is 147 Å². The Bertz CT molecular complexity index is 2750. The minimum absolute atomic E-state index is 0.0000625. The zero-order chi connectivity index (χ0) is 61.6. The number of carboxylic acids is 1. The Hall–Kier alpha value is -9.19. The molecule has 11 amide bonds. The van der Waals surface area contributed by atoms with E-state index in [2.05, 4.69) is 68.5 Å². The molecule has 0 radical (unpaired) electrons. The number of nitrogens with one attached hydrogen (secondary N) is 12. The number of aliphatic imine (C=N–C) groups is 1. The van der Waals surface area contributed by atoms with Crippen LogP contribution in [0.25, 0.3) is 10.9 Å². The number of hydrogen-bond acceptors (Lipinski definition) is 15. The van der Waals surface area contributed by atoms with Gasteiger partial charge < -0.3 is 90.9 Å². The quantitative estimate of drug-likeness (QED) is 0.0147. The molecule has 30 nitrogen and oxygen atoms in total. The molecule has 0 aliphatic heterocycles. The van der Waals surface area contributed by atoms with E-state index in [1.54, 1.807) is 88.5 Å². The molecule has 3 aromatic rings. The van der Waals surface area contributed by atoms with E-state index in [9.17, 15) is 67.7 Å². The Labute approximate surface area is 478 Å². The molecule has 0 bridgehead atoms. The number of guanidine groups is 1. The van der Waals surface area contributed by atoms with Crippen molar-refractivity contribution in [1.29, 1.82) is 0 Å². The van der Waals surface area contributed by atoms with Gasteiger partial charge in [-0.25, -0.2) is 4.79 Å². The minimum atomic E-state index is -1.68. The average molecular weight is 1160 g/mol. The molecule has 0 saturated carbocycles. The topological polar surface area (TPSA) is 484 Å². The van der Waals surface area contributed by atoms with Gasteiger partial charge in [0.1, 0.15) is 36.3 Å². The van der Waals surface area contributed by atoms with E-state index in [4.69, 9.17) is 17.2 Å². The van der Waals surface area contributed by atoms with Gasteiger partial charge in [-0.3, -0.25) is 57.7 Å². The molecule has 1 heterocycles. The zero-order valence-corrected chi connectivity index (χ0v) is 46.8. The van der Waals surface area contributed by atoms with Crippen molar-refractivity contribution in [2.45, 2.75) is 102 Å². The maximum atomic E-state index is 14.0. The first kappa shape index (κ1) is 68.1. The van der Waals surface area contributed by atoms with E-state index in [0.717, 1.165) is 0 Å². The molecule has 30 heteroatoms. The van der Waals surface area contributed by atoms with Gasteiger partial charge in [0, 0.05) is 36.5 Å². The van der Waals surface area contributed by atoms with Crippen molar-refractivity contribution in [2.75, 3.05) is 52.4 Å². The van der Waals surface area contributed by atoms with E-state index in [-0.39, 0.29) is 69.4 Å². The predicted molar refractivity (Wildman–Crippen MR) is 301 cm³/mol. The fourth-order valence-electron chi connectivity index (χ4n) is 8.06. The van der Waals surface area contributed by atoms with Crippen LogP contribution in [0.5, 0.6) is 0 Å². The lowest BCUT2D eigenvalue weighted by Gasteiger charge is -2.23. The van der Waals surface area contributed by atoms with Crippen LogP contribution in [0.15, 0.2) is 65.8 Å². The Morgan fingerprint density at radius 1 is 0.518 bits per heavy atom. The molecule has 0 aliphatic rings. The van der Waals surface area contributed by atoms with Gasteiger partial charge in [0.25, 0.3) is 0 Å². The summed E-state index contributed by atoms with van der Waals surface area (Å²) >= 11 is 0. The van der Waals surface area contributed by atoms with Crippen LogP contribution in [0.2, 0.25) is 0 Å². The summed E-state index contributed by atoms with van der Waals surface area (Å²) in [5.74, 6) is -10.8. The van der Waals surface area contributed by atoms with Crippen LogP contribution < -0.4 is 75.7 Å². The van der Waals surface area contributed by atoms with Gasteiger partial charge in [-0.05, 0) is 54.7 Å². The van der Waals surface area contributed by atoms with Crippen molar-refractivity contribution in [3.8, 4) is 0 Å². The van der Waals surface area contributed by atoms with Crippen molar-refractivity contribution in [1.82, 2.24) is 63.5 Å². The van der Waals surface area contributed by atoms with Crippen LogP contribution in [0.4, 0.5) is 0 Å². The summed E-state index contributed by atoms with van der Waals surface area (Å²) in [7, 11) is 0. The average Bonchev–Trinajstić information content (AvgIpc) is 4.06. The maximum Gasteiger partial charge on any atom is 0.326 e. The van der Waals surface area contributed by atoms with Crippen LogP contribution in [0.1, 0.15) is 64.5 Å². The van der Waals surface area contributed by atoms with E-state index >= 15 is 0 Å². The zero-order valence-electron chi connectivity index (χ0n) is 46.8. The monoisotopic (exact) mass is 1160 g/mol. The van der Waals surface area contributed by atoms with Gasteiger partial charge >= 0.3 is 5.97 Å². The number of carbonyl (C=O) groups excluding carboxylic acids is 11. The maximum absolute atomic E-state index is 14.0. The number of carbonyl (C=O) groups is 12. The first-order valence-corrected chi connectivity index (χ1v) is 26.7. The number of nitrogens with zero attached hydrogens (tertiary/aromatic N) is 1. The summed E-state index contributed by atoms with van der Waals surface area (Å²) in [6.45, 7) is 2.54. The summed E-state index contributed by atoms with van der Waals surface area (Å²) in [4.78, 5) is 163. The molecule has 454 valence electrons. The molecule has 1 aromatic heterocycles. The SMILES string of the molecule is CC(C)C[C@H](NC(=O)CNC(=O)[C@H](CCCN=C(N)N)NC(=O)CNC(=O)[C@H](CC(C)C)NC(=O)CNC(=O)[C@H](CO)NC(=O)[C@H](Cc1c[nH]c2ccccc12)NC(=O)CNC(=O)[C@H](Cc1ccccc1)NC(=O)CNC(=O)CN)C(=O)O. The number of aliphatic hydroxyl groups is 1. The normalized spacial score (nSPS) is 13.1. The molecular formula is C53H78N16O14. The van der Waals surface area contributed by atoms with Crippen molar-refractivity contribution >= 4 is 87.8 Å². The van der Waals surface area contributed by atoms with Crippen molar-refractivity contribution in [3.63, 3.8) is 0 Å². The Morgan fingerprint density at radius 3 is 1.48 bits per heavy atom. The lowest BCUT2D eigenvalue weighted by molar-refractivity contribution is -0.142. The molecule has 83 heavy (non-hydrogen) atoms. The number of rotatable bonds is 36. The fourth-order valence-corrected chi connectivity index (χ4v) is 8.06. The summed E-state index contributed by atoms with van der Waals surface area (Å²) in [6.07, 6.45) is 1.80. The Kier molecular flexibility index (Phi) is 29.1. The van der Waals surface area contributed by atoms with E-state index in [0.29, 0.717) is 22.0 Å². The number of aromatic nitrogens is 1. The third-order valence-electron chi connectivity index (χ3n) is 12.1. The summed E-state index contributed by atoms with van der Waals surface area (Å²) in [5, 5.41) is 47.0. The molecule has 0 unspecified atom stereocenters. The second-order valence-electron chi connectivity index (χ2n) is 20.0. The highest BCUT2D eigenvalue weighted by atomic mass is 16.4. The number of fused-ring (bicyclic) bond motifs is 1. The number of nitrogens with two attached hydrogens (primary N) is 3. The highest BCUT2D eigenvalue weighted by molar-refractivity contribution is 5.98. The van der Waals surface area contributed by atoms with Crippen LogP contribution in [-0.4, -0.2) is 181 Å². The third kappa shape index (κ3) is 25.9. The van der Waals surface area contributed by atoms with Crippen molar-refractivity contribution in [3.05, 3.63) is 71.9 Å². The highest BCUT2D eigenvalue weighted by Crippen LogP contribution is 2.19. The second kappa shape index (κ2) is 35.5. The van der Waals surface area contributed by atoms with Gasteiger partial charge in [-0.1, -0.05) is 76.2 Å². The number of aliphatic carboxylic acids is 1. The lowest BCUT2D eigenvalue weighted by Crippen LogP contribution is -2.58. The molecule has 0 aliphatic carbocycles. The number of amides is 11. The summed E-state index contributed by atoms with van der Waals surface area (Å²) in [6, 6.07) is 7.67. The van der Waals surface area contributed by atoms with E-state index in [1.165, 1.54) is 0 Å². The number of aliphatic hydroxyl groups excluding tert-OH is 1.